The molecule has 4 aromatic rings. The lowest BCUT2D eigenvalue weighted by atomic mass is 10.3. The Morgan fingerprint density at radius 3 is 2.77 bits per heavy atom. The molecule has 8 nitrogen and oxygen atoms in total. The Hall–Kier alpha value is -2.54. The minimum atomic E-state index is -3.83. The zero-order valence-electron chi connectivity index (χ0n) is 16.3. The molecular formula is C19H18FN5O3S3. The molecule has 4 rings (SSSR count). The third-order valence-electron chi connectivity index (χ3n) is 4.39. The molecule has 0 radical (unpaired) electrons. The number of rotatable bonds is 7. The fourth-order valence-corrected chi connectivity index (χ4v) is 5.33. The van der Waals surface area contributed by atoms with Crippen LogP contribution in [0, 0.1) is 5.82 Å². The third-order valence-corrected chi connectivity index (χ3v) is 7.21. The van der Waals surface area contributed by atoms with Gasteiger partial charge in [0.2, 0.25) is 15.9 Å². The Balaban J connectivity index is 1.52. The van der Waals surface area contributed by atoms with Gasteiger partial charge in [0.05, 0.1) is 31.9 Å². The summed E-state index contributed by atoms with van der Waals surface area (Å²) < 4.78 is 39.2. The third kappa shape index (κ3) is 4.71. The number of primary sulfonamides is 1. The minimum Gasteiger partial charge on any atom is -0.319 e. The number of aryl methyl sites for hydroxylation is 1. The number of sulfonamides is 1. The maximum absolute atomic E-state index is 13.3. The van der Waals surface area contributed by atoms with E-state index in [1.165, 1.54) is 47.4 Å². The molecule has 31 heavy (non-hydrogen) atoms. The molecule has 2 heterocycles. The van der Waals surface area contributed by atoms with E-state index in [2.05, 4.69) is 15.3 Å². The lowest BCUT2D eigenvalue weighted by molar-refractivity contribution is -0.113. The molecule has 0 saturated carbocycles. The smallest absolute Gasteiger partial charge is 0.238 e. The highest BCUT2D eigenvalue weighted by Crippen LogP contribution is 2.28. The van der Waals surface area contributed by atoms with Crippen molar-refractivity contribution in [3.63, 3.8) is 0 Å². The number of imidazole rings is 1. The molecule has 0 aliphatic carbocycles. The Morgan fingerprint density at radius 2 is 2.03 bits per heavy atom. The van der Waals surface area contributed by atoms with E-state index in [1.54, 1.807) is 12.1 Å². The van der Waals surface area contributed by atoms with Crippen LogP contribution in [0.5, 0.6) is 0 Å². The average Bonchev–Trinajstić information content (AvgIpc) is 3.25. The van der Waals surface area contributed by atoms with Gasteiger partial charge in [-0.05, 0) is 42.8 Å². The molecule has 0 spiro atoms. The molecular weight excluding hydrogens is 461 g/mol. The quantitative estimate of drug-likeness (QED) is 0.391. The number of nitrogens with zero attached hydrogens (tertiary/aromatic N) is 3. The van der Waals surface area contributed by atoms with E-state index in [0.29, 0.717) is 32.6 Å². The number of thiazole rings is 1. The Bertz CT molecular complexity index is 1400. The summed E-state index contributed by atoms with van der Waals surface area (Å²) in [7, 11) is -3.83. The van der Waals surface area contributed by atoms with Crippen molar-refractivity contribution in [2.45, 2.75) is 29.9 Å². The van der Waals surface area contributed by atoms with Crippen LogP contribution in [0.4, 0.5) is 9.52 Å². The second-order valence-corrected chi connectivity index (χ2v) is 10.2. The monoisotopic (exact) mass is 479 g/mol. The van der Waals surface area contributed by atoms with Crippen LogP contribution in [0.1, 0.15) is 13.3 Å². The van der Waals surface area contributed by atoms with E-state index in [0.717, 1.165) is 11.9 Å². The molecule has 3 N–H and O–H groups in total. The summed E-state index contributed by atoms with van der Waals surface area (Å²) in [5, 5.41) is 8.94. The number of aromatic nitrogens is 3. The standard InChI is InChI=1S/C19H18FN5O3S3/c1-2-7-25-15-6-4-12(31(21,27)28)9-14(15)23-19(25)29-10-17(26)24-18-22-13-5-3-11(20)8-16(13)30-18/h3-6,8-9H,2,7,10H2,1H3,(H2,21,27,28)(H,22,24,26). The molecule has 0 aliphatic heterocycles. The van der Waals surface area contributed by atoms with Crippen molar-refractivity contribution < 1.29 is 17.6 Å². The van der Waals surface area contributed by atoms with Crippen molar-refractivity contribution >= 4 is 65.4 Å². The Morgan fingerprint density at radius 1 is 1.23 bits per heavy atom. The van der Waals surface area contributed by atoms with Crippen LogP contribution in [-0.2, 0) is 21.4 Å². The predicted molar refractivity (Wildman–Crippen MR) is 120 cm³/mol. The van der Waals surface area contributed by atoms with Crippen LogP contribution in [0.15, 0.2) is 46.5 Å². The van der Waals surface area contributed by atoms with E-state index in [-0.39, 0.29) is 22.4 Å². The fraction of sp³-hybridized carbons (Fsp3) is 0.211. The van der Waals surface area contributed by atoms with Gasteiger partial charge in [-0.2, -0.15) is 0 Å². The van der Waals surface area contributed by atoms with Crippen LogP contribution >= 0.6 is 23.1 Å². The molecule has 0 saturated heterocycles. The highest BCUT2D eigenvalue weighted by Gasteiger charge is 2.16. The van der Waals surface area contributed by atoms with Crippen molar-refractivity contribution in [2.24, 2.45) is 5.14 Å². The second-order valence-electron chi connectivity index (χ2n) is 6.71. The lowest BCUT2D eigenvalue weighted by Crippen LogP contribution is -2.14. The van der Waals surface area contributed by atoms with Gasteiger partial charge in [-0.15, -0.1) is 0 Å². The maximum Gasteiger partial charge on any atom is 0.238 e. The van der Waals surface area contributed by atoms with E-state index in [9.17, 15) is 17.6 Å². The van der Waals surface area contributed by atoms with Gasteiger partial charge in [0.25, 0.3) is 0 Å². The van der Waals surface area contributed by atoms with Crippen molar-refractivity contribution in [1.82, 2.24) is 14.5 Å². The number of thioether (sulfide) groups is 1. The van der Waals surface area contributed by atoms with Crippen molar-refractivity contribution in [3.05, 3.63) is 42.2 Å². The molecule has 1 amide bonds. The summed E-state index contributed by atoms with van der Waals surface area (Å²) in [5.41, 5.74) is 1.88. The minimum absolute atomic E-state index is 0.0114. The van der Waals surface area contributed by atoms with Gasteiger partial charge in [-0.3, -0.25) is 4.79 Å². The number of nitrogens with one attached hydrogen (secondary N) is 1. The van der Waals surface area contributed by atoms with E-state index in [4.69, 9.17) is 5.14 Å². The first kappa shape index (κ1) is 21.7. The number of fused-ring (bicyclic) bond motifs is 2. The van der Waals surface area contributed by atoms with Gasteiger partial charge in [0.15, 0.2) is 10.3 Å². The SMILES string of the molecule is CCCn1c(SCC(=O)Nc2nc3ccc(F)cc3s2)nc2cc(S(N)(=O)=O)ccc21. The molecule has 2 aromatic carbocycles. The number of carbonyl (C=O) groups is 1. The van der Waals surface area contributed by atoms with Crippen LogP contribution in [0.3, 0.4) is 0 Å². The highest BCUT2D eigenvalue weighted by molar-refractivity contribution is 7.99. The predicted octanol–water partition coefficient (Wildman–Crippen LogP) is 3.57. The summed E-state index contributed by atoms with van der Waals surface area (Å²) >= 11 is 2.44. The normalized spacial score (nSPS) is 12.0. The van der Waals surface area contributed by atoms with Gasteiger partial charge in [0.1, 0.15) is 5.82 Å². The van der Waals surface area contributed by atoms with Gasteiger partial charge < -0.3 is 9.88 Å². The van der Waals surface area contributed by atoms with Crippen molar-refractivity contribution in [2.75, 3.05) is 11.1 Å². The number of halogens is 1. The number of anilines is 1. The molecule has 162 valence electrons. The molecule has 0 unspecified atom stereocenters. The van der Waals surface area contributed by atoms with Crippen LogP contribution in [0.25, 0.3) is 21.3 Å². The Labute approximate surface area is 185 Å². The molecule has 12 heteroatoms. The first-order valence-corrected chi connectivity index (χ1v) is 12.6. The summed E-state index contributed by atoms with van der Waals surface area (Å²) in [5.74, 6) is -0.547. The number of amides is 1. The highest BCUT2D eigenvalue weighted by atomic mass is 32.2. The van der Waals surface area contributed by atoms with Crippen LogP contribution in [0.2, 0.25) is 0 Å². The van der Waals surface area contributed by atoms with Gasteiger partial charge >= 0.3 is 0 Å². The number of nitrogens with two attached hydrogens (primary N) is 1. The molecule has 0 bridgehead atoms. The number of hydrogen-bond donors (Lipinski definition) is 2. The van der Waals surface area contributed by atoms with Gasteiger partial charge in [0, 0.05) is 6.54 Å². The number of carbonyl (C=O) groups excluding carboxylic acids is 1. The van der Waals surface area contributed by atoms with Gasteiger partial charge in [-0.25, -0.2) is 27.9 Å². The maximum atomic E-state index is 13.3. The summed E-state index contributed by atoms with van der Waals surface area (Å²) in [6.07, 6.45) is 0.838. The van der Waals surface area contributed by atoms with Gasteiger partial charge in [-0.1, -0.05) is 30.0 Å². The summed E-state index contributed by atoms with van der Waals surface area (Å²) in [4.78, 5) is 21.2. The van der Waals surface area contributed by atoms with E-state index < -0.39 is 10.0 Å². The molecule has 2 aromatic heterocycles. The Kier molecular flexibility index (Phi) is 5.97. The molecule has 0 atom stereocenters. The van der Waals surface area contributed by atoms with Crippen molar-refractivity contribution in [1.29, 1.82) is 0 Å². The zero-order valence-corrected chi connectivity index (χ0v) is 18.8. The second kappa shape index (κ2) is 8.54. The van der Waals surface area contributed by atoms with E-state index in [1.807, 2.05) is 11.5 Å². The molecule has 0 fully saturated rings. The number of hydrogen-bond acceptors (Lipinski definition) is 7. The average molecular weight is 480 g/mol. The van der Waals surface area contributed by atoms with E-state index >= 15 is 0 Å². The largest absolute Gasteiger partial charge is 0.319 e. The summed E-state index contributed by atoms with van der Waals surface area (Å²) in [6.45, 7) is 2.68. The fourth-order valence-electron chi connectivity index (χ4n) is 3.05. The first-order valence-electron chi connectivity index (χ1n) is 9.26. The zero-order chi connectivity index (χ0) is 22.2. The van der Waals surface area contributed by atoms with Crippen LogP contribution < -0.4 is 10.5 Å². The van der Waals surface area contributed by atoms with Crippen LogP contribution in [-0.4, -0.2) is 34.6 Å². The summed E-state index contributed by atoms with van der Waals surface area (Å²) in [6, 6.07) is 8.81. The number of benzene rings is 2. The molecule has 0 aliphatic rings. The topological polar surface area (TPSA) is 120 Å². The first-order chi connectivity index (χ1) is 14.7. The van der Waals surface area contributed by atoms with Crippen molar-refractivity contribution in [3.8, 4) is 0 Å². The lowest BCUT2D eigenvalue weighted by Gasteiger charge is -2.07.